The van der Waals surface area contributed by atoms with Crippen molar-refractivity contribution in [2.24, 2.45) is 0 Å². The Morgan fingerprint density at radius 3 is 2.46 bits per heavy atom. The number of carbonyl (C=O) groups excluding carboxylic acids is 1. The van der Waals surface area contributed by atoms with Crippen molar-refractivity contribution in [2.75, 3.05) is 38.0 Å². The lowest BCUT2D eigenvalue weighted by molar-refractivity contribution is -0.116. The molecule has 0 atom stereocenters. The Bertz CT molecular complexity index is 699. The topological polar surface area (TPSA) is 62.2 Å². The molecule has 2 heterocycles. The number of piperazine rings is 1. The monoisotopic (exact) mass is 399 g/mol. The first-order valence-electron chi connectivity index (χ1n) is 8.49. The van der Waals surface area contributed by atoms with E-state index in [9.17, 15) is 4.79 Å². The summed E-state index contributed by atoms with van der Waals surface area (Å²) in [6, 6.07) is 9.97. The molecule has 1 amide bonds. The second-order valence-corrected chi connectivity index (χ2v) is 6.18. The van der Waals surface area contributed by atoms with Crippen molar-refractivity contribution in [1.29, 1.82) is 0 Å². The van der Waals surface area contributed by atoms with E-state index in [1.807, 2.05) is 48.9 Å². The Hall–Kier alpha value is -1.60. The summed E-state index contributed by atoms with van der Waals surface area (Å²) in [5, 5.41) is 10.9. The number of nitrogens with one attached hydrogen (secondary N) is 2. The third-order valence-corrected chi connectivity index (χ3v) is 4.42. The van der Waals surface area contributed by atoms with Crippen LogP contribution in [-0.4, -0.2) is 53.3 Å². The minimum absolute atomic E-state index is 0. The molecule has 0 radical (unpaired) electrons. The molecule has 1 fully saturated rings. The number of anilines is 1. The number of aromatic nitrogens is 2. The molecule has 1 aromatic heterocycles. The number of halogens is 2. The maximum Gasteiger partial charge on any atom is 0.225 e. The van der Waals surface area contributed by atoms with Crippen LogP contribution in [0.4, 0.5) is 5.69 Å². The van der Waals surface area contributed by atoms with Crippen molar-refractivity contribution in [2.45, 2.75) is 20.3 Å². The average molecular weight is 400 g/mol. The number of benzene rings is 1. The Balaban J connectivity index is 0.00000169. The van der Waals surface area contributed by atoms with E-state index in [2.05, 4.69) is 20.6 Å². The summed E-state index contributed by atoms with van der Waals surface area (Å²) in [5.41, 5.74) is 3.62. The van der Waals surface area contributed by atoms with Crippen LogP contribution in [0.25, 0.3) is 5.69 Å². The third kappa shape index (κ3) is 5.45. The normalized spacial score (nSPS) is 14.2. The first kappa shape index (κ1) is 22.4. The minimum Gasteiger partial charge on any atom is -0.323 e. The molecule has 0 aliphatic carbocycles. The van der Waals surface area contributed by atoms with E-state index < -0.39 is 0 Å². The molecule has 0 saturated carbocycles. The highest BCUT2D eigenvalue weighted by Gasteiger charge is 2.16. The van der Waals surface area contributed by atoms with Crippen LogP contribution < -0.4 is 10.6 Å². The van der Waals surface area contributed by atoms with Gasteiger partial charge in [-0.2, -0.15) is 5.10 Å². The van der Waals surface area contributed by atoms with Crippen LogP contribution >= 0.6 is 24.8 Å². The van der Waals surface area contributed by atoms with E-state index in [1.165, 1.54) is 0 Å². The molecule has 0 bridgehead atoms. The molecule has 8 heteroatoms. The lowest BCUT2D eigenvalue weighted by Gasteiger charge is -2.26. The fourth-order valence-electron chi connectivity index (χ4n) is 3.04. The van der Waals surface area contributed by atoms with Crippen molar-refractivity contribution >= 4 is 36.4 Å². The standard InChI is InChI=1S/C18H25N5O.2ClH/c1-14-18(15(2)23(21-14)16-6-4-3-5-7-16)20-17(24)8-11-22-12-9-19-10-13-22;;/h3-7,19H,8-13H2,1-2H3,(H,20,24);2*1H. The molecule has 144 valence electrons. The molecule has 3 rings (SSSR count). The fraction of sp³-hybridized carbons (Fsp3) is 0.444. The molecule has 1 aliphatic heterocycles. The lowest BCUT2D eigenvalue weighted by Crippen LogP contribution is -2.44. The van der Waals surface area contributed by atoms with Crippen molar-refractivity contribution in [1.82, 2.24) is 20.0 Å². The van der Waals surface area contributed by atoms with Crippen LogP contribution in [0.5, 0.6) is 0 Å². The van der Waals surface area contributed by atoms with Crippen molar-refractivity contribution < 1.29 is 4.79 Å². The number of hydrogen-bond donors (Lipinski definition) is 2. The summed E-state index contributed by atoms with van der Waals surface area (Å²) >= 11 is 0. The van der Waals surface area contributed by atoms with Gasteiger partial charge in [0, 0.05) is 39.1 Å². The van der Waals surface area contributed by atoms with Gasteiger partial charge in [-0.3, -0.25) is 4.79 Å². The zero-order valence-corrected chi connectivity index (χ0v) is 16.8. The zero-order chi connectivity index (χ0) is 16.9. The van der Waals surface area contributed by atoms with E-state index in [-0.39, 0.29) is 30.7 Å². The van der Waals surface area contributed by atoms with E-state index in [4.69, 9.17) is 0 Å². The summed E-state index contributed by atoms with van der Waals surface area (Å²) in [6.07, 6.45) is 0.509. The van der Waals surface area contributed by atoms with Gasteiger partial charge in [-0.05, 0) is 26.0 Å². The number of para-hydroxylation sites is 1. The second-order valence-electron chi connectivity index (χ2n) is 6.18. The predicted molar refractivity (Wildman–Crippen MR) is 110 cm³/mol. The van der Waals surface area contributed by atoms with E-state index in [0.717, 1.165) is 55.5 Å². The number of aryl methyl sites for hydroxylation is 1. The lowest BCUT2D eigenvalue weighted by atomic mass is 10.2. The summed E-state index contributed by atoms with van der Waals surface area (Å²) in [6.45, 7) is 8.75. The van der Waals surface area contributed by atoms with Crippen LogP contribution in [-0.2, 0) is 4.79 Å². The average Bonchev–Trinajstić information content (AvgIpc) is 2.90. The zero-order valence-electron chi connectivity index (χ0n) is 15.2. The van der Waals surface area contributed by atoms with Crippen LogP contribution in [0.1, 0.15) is 17.8 Å². The van der Waals surface area contributed by atoms with Gasteiger partial charge in [-0.15, -0.1) is 24.8 Å². The Kier molecular flexibility index (Phi) is 9.08. The van der Waals surface area contributed by atoms with Gasteiger partial charge in [0.05, 0.1) is 22.8 Å². The van der Waals surface area contributed by atoms with Crippen molar-refractivity contribution in [3.05, 3.63) is 41.7 Å². The van der Waals surface area contributed by atoms with Gasteiger partial charge in [0.1, 0.15) is 0 Å². The smallest absolute Gasteiger partial charge is 0.225 e. The molecule has 0 spiro atoms. The van der Waals surface area contributed by atoms with Crippen LogP contribution in [0.15, 0.2) is 30.3 Å². The molecule has 1 aliphatic rings. The van der Waals surface area contributed by atoms with Gasteiger partial charge in [-0.25, -0.2) is 4.68 Å². The molecule has 26 heavy (non-hydrogen) atoms. The molecule has 6 nitrogen and oxygen atoms in total. The summed E-state index contributed by atoms with van der Waals surface area (Å²) in [5.74, 6) is 0.0485. The van der Waals surface area contributed by atoms with Crippen LogP contribution in [0, 0.1) is 13.8 Å². The number of rotatable bonds is 5. The number of hydrogen-bond acceptors (Lipinski definition) is 4. The molecule has 2 N–H and O–H groups in total. The molecule has 2 aromatic rings. The SMILES string of the molecule is Cc1nn(-c2ccccc2)c(C)c1NC(=O)CCN1CCNCC1.Cl.Cl. The first-order valence-corrected chi connectivity index (χ1v) is 8.49. The van der Waals surface area contributed by atoms with Crippen LogP contribution in [0.2, 0.25) is 0 Å². The van der Waals surface area contributed by atoms with Crippen molar-refractivity contribution in [3.8, 4) is 5.69 Å². The second kappa shape index (κ2) is 10.5. The first-order chi connectivity index (χ1) is 11.6. The maximum atomic E-state index is 12.3. The Morgan fingerprint density at radius 1 is 1.15 bits per heavy atom. The number of carbonyl (C=O) groups is 1. The molecule has 1 aromatic carbocycles. The van der Waals surface area contributed by atoms with Gasteiger partial charge in [0.25, 0.3) is 0 Å². The summed E-state index contributed by atoms with van der Waals surface area (Å²) in [4.78, 5) is 14.6. The van der Waals surface area contributed by atoms with Gasteiger partial charge in [0.2, 0.25) is 5.91 Å². The van der Waals surface area contributed by atoms with Crippen LogP contribution in [0.3, 0.4) is 0 Å². The van der Waals surface area contributed by atoms with Gasteiger partial charge >= 0.3 is 0 Å². The maximum absolute atomic E-state index is 12.3. The Morgan fingerprint density at radius 2 is 1.81 bits per heavy atom. The van der Waals surface area contributed by atoms with Gasteiger partial charge in [-0.1, -0.05) is 18.2 Å². The van der Waals surface area contributed by atoms with Gasteiger partial charge < -0.3 is 15.5 Å². The minimum atomic E-state index is 0. The summed E-state index contributed by atoms with van der Waals surface area (Å²) in [7, 11) is 0. The largest absolute Gasteiger partial charge is 0.323 e. The van der Waals surface area contributed by atoms with Gasteiger partial charge in [0.15, 0.2) is 0 Å². The highest BCUT2D eigenvalue weighted by atomic mass is 35.5. The quantitative estimate of drug-likeness (QED) is 0.810. The van der Waals surface area contributed by atoms with E-state index >= 15 is 0 Å². The molecule has 0 unspecified atom stereocenters. The third-order valence-electron chi connectivity index (χ3n) is 4.42. The molecular weight excluding hydrogens is 373 g/mol. The number of nitrogens with zero attached hydrogens (tertiary/aromatic N) is 3. The van der Waals surface area contributed by atoms with E-state index in [1.54, 1.807) is 0 Å². The Labute approximate surface area is 167 Å². The highest BCUT2D eigenvalue weighted by molar-refractivity contribution is 5.92. The summed E-state index contributed by atoms with van der Waals surface area (Å²) < 4.78 is 1.88. The van der Waals surface area contributed by atoms with Crippen molar-refractivity contribution in [3.63, 3.8) is 0 Å². The highest BCUT2D eigenvalue weighted by Crippen LogP contribution is 2.22. The van der Waals surface area contributed by atoms with E-state index in [0.29, 0.717) is 6.42 Å². The molecular formula is C18H27Cl2N5O. The predicted octanol–water partition coefficient (Wildman–Crippen LogP) is 2.57. The molecule has 1 saturated heterocycles. The fourth-order valence-corrected chi connectivity index (χ4v) is 3.04. The number of amides is 1.